The van der Waals surface area contributed by atoms with Gasteiger partial charge in [-0.3, -0.25) is 9.36 Å². The van der Waals surface area contributed by atoms with Crippen molar-refractivity contribution in [1.29, 1.82) is 0 Å². The summed E-state index contributed by atoms with van der Waals surface area (Å²) in [6, 6.07) is 4.85. The van der Waals surface area contributed by atoms with Gasteiger partial charge in [-0.25, -0.2) is 9.89 Å². The van der Waals surface area contributed by atoms with E-state index in [0.29, 0.717) is 28.1 Å². The van der Waals surface area contributed by atoms with Crippen molar-refractivity contribution in [1.82, 2.24) is 14.8 Å². The van der Waals surface area contributed by atoms with Crippen molar-refractivity contribution >= 4 is 40.6 Å². The highest BCUT2D eigenvalue weighted by molar-refractivity contribution is 7.99. The van der Waals surface area contributed by atoms with Crippen LogP contribution < -0.4 is 16.7 Å². The SMILES string of the molecule is CCn1c(SCC(=O)Nc2cc(N)ccc2Cl)n[nH]c1=O. The van der Waals surface area contributed by atoms with E-state index < -0.39 is 0 Å². The number of hydrogen-bond acceptors (Lipinski definition) is 5. The van der Waals surface area contributed by atoms with Crippen molar-refractivity contribution in [3.8, 4) is 0 Å². The molecule has 0 radical (unpaired) electrons. The zero-order valence-electron chi connectivity index (χ0n) is 11.2. The van der Waals surface area contributed by atoms with E-state index in [0.717, 1.165) is 11.8 Å². The third-order valence-electron chi connectivity index (χ3n) is 2.64. The molecule has 4 N–H and O–H groups in total. The van der Waals surface area contributed by atoms with Crippen molar-refractivity contribution in [2.45, 2.75) is 18.6 Å². The molecule has 1 amide bonds. The molecule has 21 heavy (non-hydrogen) atoms. The van der Waals surface area contributed by atoms with Crippen LogP contribution in [0, 0.1) is 0 Å². The Balaban J connectivity index is 1.99. The van der Waals surface area contributed by atoms with Crippen LogP contribution in [0.5, 0.6) is 0 Å². The van der Waals surface area contributed by atoms with Gasteiger partial charge in [0.1, 0.15) is 0 Å². The summed E-state index contributed by atoms with van der Waals surface area (Å²) >= 11 is 7.13. The third kappa shape index (κ3) is 3.79. The third-order valence-corrected chi connectivity index (χ3v) is 3.94. The number of carbonyl (C=O) groups excluding carboxylic acids is 1. The molecule has 0 bridgehead atoms. The first-order chi connectivity index (χ1) is 10.0. The largest absolute Gasteiger partial charge is 0.399 e. The number of H-pyrrole nitrogens is 1. The molecular weight excluding hydrogens is 314 g/mol. The van der Waals surface area contributed by atoms with Gasteiger partial charge in [0.25, 0.3) is 0 Å². The van der Waals surface area contributed by atoms with E-state index in [1.165, 1.54) is 4.57 Å². The Labute approximate surface area is 129 Å². The topological polar surface area (TPSA) is 106 Å². The lowest BCUT2D eigenvalue weighted by Gasteiger charge is -2.08. The number of halogens is 1. The van der Waals surface area contributed by atoms with Crippen molar-refractivity contribution in [2.75, 3.05) is 16.8 Å². The van der Waals surface area contributed by atoms with Gasteiger partial charge in [-0.1, -0.05) is 23.4 Å². The minimum atomic E-state index is -0.292. The summed E-state index contributed by atoms with van der Waals surface area (Å²) < 4.78 is 1.45. The molecule has 1 aromatic carbocycles. The van der Waals surface area contributed by atoms with E-state index in [1.807, 2.05) is 6.92 Å². The monoisotopic (exact) mass is 327 g/mol. The minimum Gasteiger partial charge on any atom is -0.399 e. The standard InChI is InChI=1S/C12H14ClN5O2S/c1-2-18-11(20)16-17-12(18)21-6-10(19)15-9-5-7(14)3-4-8(9)13/h3-5H,2,6,14H2,1H3,(H,15,19)(H,16,20). The molecule has 0 spiro atoms. The van der Waals surface area contributed by atoms with E-state index in [2.05, 4.69) is 15.5 Å². The van der Waals surface area contributed by atoms with Crippen molar-refractivity contribution in [3.05, 3.63) is 33.7 Å². The highest BCUT2D eigenvalue weighted by Gasteiger charge is 2.11. The van der Waals surface area contributed by atoms with Gasteiger partial charge < -0.3 is 11.1 Å². The fourth-order valence-corrected chi connectivity index (χ4v) is 2.62. The number of hydrogen-bond donors (Lipinski definition) is 3. The van der Waals surface area contributed by atoms with Crippen molar-refractivity contribution < 1.29 is 4.79 Å². The second-order valence-electron chi connectivity index (χ2n) is 4.13. The van der Waals surface area contributed by atoms with Crippen LogP contribution in [0.4, 0.5) is 11.4 Å². The first kappa shape index (κ1) is 15.5. The molecule has 2 aromatic rings. The van der Waals surface area contributed by atoms with E-state index in [-0.39, 0.29) is 17.3 Å². The summed E-state index contributed by atoms with van der Waals surface area (Å²) in [6.45, 7) is 2.31. The first-order valence-corrected chi connectivity index (χ1v) is 7.50. The van der Waals surface area contributed by atoms with Gasteiger partial charge in [-0.15, -0.1) is 5.10 Å². The molecule has 0 aliphatic rings. The molecular formula is C12H14ClN5O2S. The number of nitrogens with one attached hydrogen (secondary N) is 2. The second kappa shape index (κ2) is 6.68. The maximum atomic E-state index is 11.9. The van der Waals surface area contributed by atoms with E-state index >= 15 is 0 Å². The molecule has 2 rings (SSSR count). The van der Waals surface area contributed by atoms with Crippen LogP contribution in [-0.4, -0.2) is 26.4 Å². The molecule has 7 nitrogen and oxygen atoms in total. The molecule has 0 saturated carbocycles. The van der Waals surface area contributed by atoms with E-state index in [1.54, 1.807) is 18.2 Å². The van der Waals surface area contributed by atoms with Gasteiger partial charge in [-0.2, -0.15) is 0 Å². The predicted molar refractivity (Wildman–Crippen MR) is 83.7 cm³/mol. The van der Waals surface area contributed by atoms with Gasteiger partial charge in [0.05, 0.1) is 16.5 Å². The molecule has 0 unspecified atom stereocenters. The van der Waals surface area contributed by atoms with Gasteiger partial charge >= 0.3 is 5.69 Å². The molecule has 0 fully saturated rings. The number of thioether (sulfide) groups is 1. The number of aromatic nitrogens is 3. The smallest absolute Gasteiger partial charge is 0.343 e. The van der Waals surface area contributed by atoms with Crippen LogP contribution in [0.1, 0.15) is 6.92 Å². The summed E-state index contributed by atoms with van der Waals surface area (Å²) in [6.07, 6.45) is 0. The predicted octanol–water partition coefficient (Wildman–Crippen LogP) is 1.56. The average molecular weight is 328 g/mol. The minimum absolute atomic E-state index is 0.107. The normalized spacial score (nSPS) is 10.6. The molecule has 0 aliphatic heterocycles. The van der Waals surface area contributed by atoms with Crippen LogP contribution in [0.3, 0.4) is 0 Å². The number of amides is 1. The summed E-state index contributed by atoms with van der Waals surface area (Å²) in [5, 5.41) is 9.75. The molecule has 0 aliphatic carbocycles. The Morgan fingerprint density at radius 1 is 1.57 bits per heavy atom. The zero-order chi connectivity index (χ0) is 15.4. The second-order valence-corrected chi connectivity index (χ2v) is 5.48. The van der Waals surface area contributed by atoms with Crippen LogP contribution in [0.15, 0.2) is 28.2 Å². The molecule has 0 atom stereocenters. The summed E-state index contributed by atoms with van der Waals surface area (Å²) in [5.41, 5.74) is 6.31. The van der Waals surface area contributed by atoms with Crippen molar-refractivity contribution in [3.63, 3.8) is 0 Å². The molecule has 0 saturated heterocycles. The lowest BCUT2D eigenvalue weighted by atomic mass is 10.3. The van der Waals surface area contributed by atoms with Gasteiger partial charge in [0.15, 0.2) is 5.16 Å². The molecule has 1 heterocycles. The van der Waals surface area contributed by atoms with Gasteiger partial charge in [-0.05, 0) is 25.1 Å². The maximum Gasteiger partial charge on any atom is 0.343 e. The number of nitrogens with zero attached hydrogens (tertiary/aromatic N) is 2. The van der Waals surface area contributed by atoms with E-state index in [9.17, 15) is 9.59 Å². The van der Waals surface area contributed by atoms with Gasteiger partial charge in [0, 0.05) is 12.2 Å². The van der Waals surface area contributed by atoms with Crippen LogP contribution in [0.2, 0.25) is 5.02 Å². The lowest BCUT2D eigenvalue weighted by molar-refractivity contribution is -0.113. The molecule has 1 aromatic heterocycles. The average Bonchev–Trinajstić information content (AvgIpc) is 2.81. The van der Waals surface area contributed by atoms with Crippen LogP contribution >= 0.6 is 23.4 Å². The Kier molecular flexibility index (Phi) is 4.92. The Hall–Kier alpha value is -1.93. The Morgan fingerprint density at radius 3 is 3.05 bits per heavy atom. The fraction of sp³-hybridized carbons (Fsp3) is 0.250. The number of rotatable bonds is 5. The summed E-state index contributed by atoms with van der Waals surface area (Å²) in [5.74, 6) is -0.152. The lowest BCUT2D eigenvalue weighted by Crippen LogP contribution is -2.18. The summed E-state index contributed by atoms with van der Waals surface area (Å²) in [7, 11) is 0. The van der Waals surface area contributed by atoms with Gasteiger partial charge in [0.2, 0.25) is 5.91 Å². The maximum absolute atomic E-state index is 11.9. The number of benzene rings is 1. The van der Waals surface area contributed by atoms with Crippen molar-refractivity contribution in [2.24, 2.45) is 0 Å². The number of nitrogen functional groups attached to an aromatic ring is 1. The number of carbonyl (C=O) groups is 1. The first-order valence-electron chi connectivity index (χ1n) is 6.14. The number of anilines is 2. The highest BCUT2D eigenvalue weighted by atomic mass is 35.5. The molecule has 9 heteroatoms. The van der Waals surface area contributed by atoms with E-state index in [4.69, 9.17) is 17.3 Å². The quantitative estimate of drug-likeness (QED) is 0.571. The Morgan fingerprint density at radius 2 is 2.33 bits per heavy atom. The Bertz CT molecular complexity index is 712. The molecule has 112 valence electrons. The zero-order valence-corrected chi connectivity index (χ0v) is 12.8. The fourth-order valence-electron chi connectivity index (χ4n) is 1.65. The van der Waals surface area contributed by atoms with Crippen LogP contribution in [0.25, 0.3) is 0 Å². The van der Waals surface area contributed by atoms with Crippen LogP contribution in [-0.2, 0) is 11.3 Å². The number of aromatic amines is 1. The number of nitrogens with two attached hydrogens (primary N) is 1. The highest BCUT2D eigenvalue weighted by Crippen LogP contribution is 2.24. The summed E-state index contributed by atoms with van der Waals surface area (Å²) in [4.78, 5) is 23.3.